The van der Waals surface area contributed by atoms with Crippen LogP contribution in [0, 0.1) is 13.8 Å². The van der Waals surface area contributed by atoms with Crippen LogP contribution in [0.25, 0.3) is 39.0 Å². The van der Waals surface area contributed by atoms with Gasteiger partial charge in [-0.2, -0.15) is 0 Å². The molecule has 0 aliphatic heterocycles. The number of aromatic carboxylic acids is 1. The van der Waals surface area contributed by atoms with Crippen molar-refractivity contribution in [2.45, 2.75) is 20.2 Å². The largest absolute Gasteiger partial charge is 0.573 e. The molecule has 1 aromatic carbocycles. The lowest BCUT2D eigenvalue weighted by Gasteiger charge is -2.14. The lowest BCUT2D eigenvalue weighted by atomic mass is 10.00. The molecular weight excluding hydrogens is 493 g/mol. The number of hydrogen-bond acceptors (Lipinski definition) is 8. The van der Waals surface area contributed by atoms with E-state index in [4.69, 9.17) is 10.3 Å². The Kier molecular flexibility index (Phi) is 5.54. The van der Waals surface area contributed by atoms with Gasteiger partial charge in [0.25, 0.3) is 0 Å². The van der Waals surface area contributed by atoms with Gasteiger partial charge in [-0.15, -0.1) is 13.2 Å². The highest BCUT2D eigenvalue weighted by atomic mass is 19.4. The number of ether oxygens (including phenoxy) is 1. The number of nitrogens with zero attached hydrogens (tertiary/aromatic N) is 5. The quantitative estimate of drug-likeness (QED) is 0.336. The first-order chi connectivity index (χ1) is 17.5. The molecule has 10 nitrogen and oxygen atoms in total. The molecule has 4 heterocycles. The van der Waals surface area contributed by atoms with Crippen LogP contribution in [0.3, 0.4) is 0 Å². The average molecular weight is 510 g/mol. The van der Waals surface area contributed by atoms with E-state index in [0.29, 0.717) is 44.9 Å². The minimum absolute atomic E-state index is 0.000140. The number of aromatic nitrogens is 5. The second-order valence-electron chi connectivity index (χ2n) is 8.07. The predicted molar refractivity (Wildman–Crippen MR) is 125 cm³/mol. The molecule has 0 aliphatic rings. The van der Waals surface area contributed by atoms with Crippen LogP contribution in [0.15, 0.2) is 53.6 Å². The molecule has 5 aromatic rings. The molecule has 0 radical (unpaired) electrons. The van der Waals surface area contributed by atoms with Crippen LogP contribution >= 0.6 is 0 Å². The zero-order chi connectivity index (χ0) is 26.5. The number of rotatable bonds is 5. The molecule has 0 unspecified atom stereocenters. The van der Waals surface area contributed by atoms with Crippen molar-refractivity contribution in [3.05, 3.63) is 66.1 Å². The van der Waals surface area contributed by atoms with Gasteiger partial charge in [-0.05, 0) is 38.1 Å². The third kappa shape index (κ3) is 4.42. The maximum atomic E-state index is 13.3. The third-order valence-electron chi connectivity index (χ3n) is 5.65. The van der Waals surface area contributed by atoms with Crippen LogP contribution in [0.4, 0.5) is 19.1 Å². The molecule has 0 fully saturated rings. The van der Waals surface area contributed by atoms with E-state index in [1.54, 1.807) is 36.9 Å². The molecule has 3 N–H and O–H groups in total. The van der Waals surface area contributed by atoms with E-state index in [-0.39, 0.29) is 17.1 Å². The van der Waals surface area contributed by atoms with Crippen molar-refractivity contribution in [2.75, 3.05) is 5.73 Å². The van der Waals surface area contributed by atoms with Gasteiger partial charge in [0.1, 0.15) is 17.2 Å². The van der Waals surface area contributed by atoms with Gasteiger partial charge in [0.15, 0.2) is 0 Å². The summed E-state index contributed by atoms with van der Waals surface area (Å²) >= 11 is 0. The van der Waals surface area contributed by atoms with Crippen LogP contribution in [0.1, 0.15) is 21.8 Å². The van der Waals surface area contributed by atoms with E-state index in [2.05, 4.69) is 24.8 Å². The Balaban J connectivity index is 1.81. The van der Waals surface area contributed by atoms with Gasteiger partial charge in [-0.3, -0.25) is 4.57 Å². The Labute approximate surface area is 206 Å². The standard InChI is InChI=1S/C24H17F3N6O4/c1-11-20(12(2)37-32-11)14-5-17-18(10-33(21(17)29-7-14)15-8-30-23(28)31-9-15)16-4-3-13(22(34)35)6-19(16)36-24(25,26)27/h3-10H,1-2H3,(H,34,35)(H2,28,30,31). The molecule has 0 bridgehead atoms. The number of anilines is 1. The number of nitrogen functional groups attached to an aromatic ring is 1. The summed E-state index contributed by atoms with van der Waals surface area (Å²) < 4.78 is 51.0. The Morgan fingerprint density at radius 3 is 2.43 bits per heavy atom. The molecule has 0 spiro atoms. The molecule has 0 saturated carbocycles. The first-order valence-electron chi connectivity index (χ1n) is 10.7. The molecule has 0 aliphatic carbocycles. The zero-order valence-electron chi connectivity index (χ0n) is 19.2. The van der Waals surface area contributed by atoms with Gasteiger partial charge in [0.2, 0.25) is 5.95 Å². The van der Waals surface area contributed by atoms with E-state index in [0.717, 1.165) is 6.07 Å². The molecule has 4 aromatic heterocycles. The summed E-state index contributed by atoms with van der Waals surface area (Å²) in [4.78, 5) is 24.0. The van der Waals surface area contributed by atoms with E-state index < -0.39 is 18.1 Å². The maximum Gasteiger partial charge on any atom is 0.573 e. The number of nitrogens with two attached hydrogens (primary N) is 1. The molecule has 188 valence electrons. The summed E-state index contributed by atoms with van der Waals surface area (Å²) in [6.07, 6.45) is 0.956. The number of halogens is 3. The van der Waals surface area contributed by atoms with Gasteiger partial charge in [0.05, 0.1) is 29.3 Å². The van der Waals surface area contributed by atoms with Crippen LogP contribution in [0.5, 0.6) is 5.75 Å². The Morgan fingerprint density at radius 1 is 1.08 bits per heavy atom. The number of carboxylic acids is 1. The molecular formula is C24H17F3N6O4. The van der Waals surface area contributed by atoms with Gasteiger partial charge in [-0.25, -0.2) is 19.7 Å². The van der Waals surface area contributed by atoms with E-state index in [1.165, 1.54) is 24.5 Å². The average Bonchev–Trinajstić information content (AvgIpc) is 3.37. The smallest absolute Gasteiger partial charge is 0.478 e. The predicted octanol–water partition coefficient (Wildman–Crippen LogP) is 4.93. The van der Waals surface area contributed by atoms with Crippen LogP contribution in [-0.2, 0) is 0 Å². The monoisotopic (exact) mass is 510 g/mol. The minimum atomic E-state index is -5.06. The van der Waals surface area contributed by atoms with Crippen LogP contribution in [-0.4, -0.2) is 42.1 Å². The molecule has 5 rings (SSSR count). The van der Waals surface area contributed by atoms with Crippen LogP contribution < -0.4 is 10.5 Å². The fourth-order valence-corrected chi connectivity index (χ4v) is 4.09. The van der Waals surface area contributed by atoms with Crippen LogP contribution in [0.2, 0.25) is 0 Å². The second-order valence-corrected chi connectivity index (χ2v) is 8.07. The Morgan fingerprint density at radius 2 is 1.81 bits per heavy atom. The zero-order valence-corrected chi connectivity index (χ0v) is 19.2. The Bertz CT molecular complexity index is 1640. The molecule has 0 saturated heterocycles. The van der Waals surface area contributed by atoms with E-state index in [9.17, 15) is 23.1 Å². The van der Waals surface area contributed by atoms with E-state index in [1.807, 2.05) is 0 Å². The number of carbonyl (C=O) groups is 1. The number of benzene rings is 1. The summed E-state index contributed by atoms with van der Waals surface area (Å²) in [5, 5.41) is 13.7. The lowest BCUT2D eigenvalue weighted by Crippen LogP contribution is -2.18. The van der Waals surface area contributed by atoms with Crippen molar-refractivity contribution >= 4 is 23.0 Å². The van der Waals surface area contributed by atoms with Crippen molar-refractivity contribution in [3.63, 3.8) is 0 Å². The fraction of sp³-hybridized carbons (Fsp3) is 0.125. The topological polar surface area (TPSA) is 142 Å². The summed E-state index contributed by atoms with van der Waals surface area (Å²) in [7, 11) is 0. The van der Waals surface area contributed by atoms with Gasteiger partial charge < -0.3 is 20.1 Å². The maximum absolute atomic E-state index is 13.3. The van der Waals surface area contributed by atoms with Gasteiger partial charge in [0, 0.05) is 40.0 Å². The SMILES string of the molecule is Cc1noc(C)c1-c1cnc2c(c1)c(-c1ccc(C(=O)O)cc1OC(F)(F)F)cn2-c1cnc(N)nc1. The minimum Gasteiger partial charge on any atom is -0.478 e. The van der Waals surface area contributed by atoms with Crippen molar-refractivity contribution in [2.24, 2.45) is 0 Å². The first kappa shape index (κ1) is 23.8. The van der Waals surface area contributed by atoms with Crippen molar-refractivity contribution in [1.82, 2.24) is 24.7 Å². The summed E-state index contributed by atoms with van der Waals surface area (Å²) in [6.45, 7) is 3.49. The number of carboxylic acid groups (broad SMARTS) is 1. The summed E-state index contributed by atoms with van der Waals surface area (Å²) in [5.74, 6) is -1.50. The Hall–Kier alpha value is -4.94. The lowest BCUT2D eigenvalue weighted by molar-refractivity contribution is -0.274. The second kappa shape index (κ2) is 8.62. The number of hydrogen-bond donors (Lipinski definition) is 2. The van der Waals surface area contributed by atoms with Crippen molar-refractivity contribution < 1.29 is 32.3 Å². The van der Waals surface area contributed by atoms with E-state index >= 15 is 0 Å². The highest BCUT2D eigenvalue weighted by Gasteiger charge is 2.33. The number of fused-ring (bicyclic) bond motifs is 1. The number of pyridine rings is 1. The number of alkyl halides is 3. The first-order valence-corrected chi connectivity index (χ1v) is 10.7. The van der Waals surface area contributed by atoms with Crippen molar-refractivity contribution in [3.8, 4) is 33.7 Å². The highest BCUT2D eigenvalue weighted by Crippen LogP contribution is 2.41. The molecule has 0 amide bonds. The third-order valence-corrected chi connectivity index (χ3v) is 5.65. The molecule has 0 atom stereocenters. The fourth-order valence-electron chi connectivity index (χ4n) is 4.09. The van der Waals surface area contributed by atoms with Crippen molar-refractivity contribution in [1.29, 1.82) is 0 Å². The summed E-state index contributed by atoms with van der Waals surface area (Å²) in [6, 6.07) is 5.02. The molecule has 37 heavy (non-hydrogen) atoms. The van der Waals surface area contributed by atoms with Gasteiger partial charge >= 0.3 is 12.3 Å². The highest BCUT2D eigenvalue weighted by molar-refractivity contribution is 5.99. The number of aryl methyl sites for hydroxylation is 2. The van der Waals surface area contributed by atoms with Gasteiger partial charge in [-0.1, -0.05) is 5.16 Å². The molecule has 13 heteroatoms. The summed E-state index contributed by atoms with van der Waals surface area (Å²) in [5.41, 5.74) is 8.27. The normalized spacial score (nSPS) is 11.7.